The van der Waals surface area contributed by atoms with Crippen LogP contribution in [0.25, 0.3) is 10.8 Å². The van der Waals surface area contributed by atoms with E-state index in [9.17, 15) is 8.42 Å². The highest BCUT2D eigenvalue weighted by Crippen LogP contribution is 2.27. The van der Waals surface area contributed by atoms with Crippen LogP contribution in [0.4, 0.5) is 0 Å². The molecule has 4 heteroatoms. The van der Waals surface area contributed by atoms with E-state index in [1.807, 2.05) is 18.2 Å². The molecular weight excluding hydrogens is 248 g/mol. The second kappa shape index (κ2) is 4.07. The Morgan fingerprint density at radius 1 is 0.944 bits per heavy atom. The first-order valence-electron chi connectivity index (χ1n) is 5.70. The third-order valence-electron chi connectivity index (χ3n) is 2.98. The zero-order chi connectivity index (χ0) is 13.6. The molecule has 0 amide bonds. The van der Waals surface area contributed by atoms with Crippen molar-refractivity contribution in [3.8, 4) is 0 Å². The number of fused-ring (bicyclic) bond motifs is 1. The highest BCUT2D eigenvalue weighted by Gasteiger charge is 2.15. The molecule has 0 aromatic heterocycles. The lowest BCUT2D eigenvalue weighted by Gasteiger charge is -2.19. The van der Waals surface area contributed by atoms with E-state index in [-0.39, 0.29) is 10.3 Å². The van der Waals surface area contributed by atoms with Crippen LogP contribution in [0.1, 0.15) is 26.3 Å². The largest absolute Gasteiger partial charge is 0.294 e. The fraction of sp³-hybridized carbons (Fsp3) is 0.286. The Hall–Kier alpha value is -1.39. The predicted molar refractivity (Wildman–Crippen MR) is 72.5 cm³/mol. The second-order valence-electron chi connectivity index (χ2n) is 5.45. The molecule has 96 valence electrons. The van der Waals surface area contributed by atoms with Gasteiger partial charge in [0.1, 0.15) is 0 Å². The Labute approximate surface area is 107 Å². The van der Waals surface area contributed by atoms with E-state index in [0.29, 0.717) is 0 Å². The summed E-state index contributed by atoms with van der Waals surface area (Å²) in [6.07, 6.45) is 0. The maximum atomic E-state index is 11.1. The van der Waals surface area contributed by atoms with Gasteiger partial charge in [-0.2, -0.15) is 8.42 Å². The predicted octanol–water partition coefficient (Wildman–Crippen LogP) is 3.38. The van der Waals surface area contributed by atoms with Crippen molar-refractivity contribution in [3.63, 3.8) is 0 Å². The first-order valence-corrected chi connectivity index (χ1v) is 7.14. The van der Waals surface area contributed by atoms with Gasteiger partial charge in [-0.15, -0.1) is 0 Å². The summed E-state index contributed by atoms with van der Waals surface area (Å²) >= 11 is 0. The molecule has 0 aliphatic rings. The fourth-order valence-corrected chi connectivity index (χ4v) is 2.37. The van der Waals surface area contributed by atoms with Crippen molar-refractivity contribution in [2.24, 2.45) is 0 Å². The minimum atomic E-state index is -4.14. The molecular formula is C14H16O3S. The van der Waals surface area contributed by atoms with Crippen LogP contribution >= 0.6 is 0 Å². The van der Waals surface area contributed by atoms with Crippen LogP contribution in [0, 0.1) is 0 Å². The summed E-state index contributed by atoms with van der Waals surface area (Å²) in [5, 5.41) is 1.77. The molecule has 0 bridgehead atoms. The normalized spacial score (nSPS) is 12.9. The third-order valence-corrected chi connectivity index (χ3v) is 3.83. The van der Waals surface area contributed by atoms with Crippen molar-refractivity contribution in [3.05, 3.63) is 42.0 Å². The lowest BCUT2D eigenvalue weighted by molar-refractivity contribution is 0.483. The summed E-state index contributed by atoms with van der Waals surface area (Å²) in [6.45, 7) is 6.29. The molecule has 0 radical (unpaired) electrons. The van der Waals surface area contributed by atoms with Crippen molar-refractivity contribution in [2.75, 3.05) is 0 Å². The lowest BCUT2D eigenvalue weighted by atomic mass is 9.86. The lowest BCUT2D eigenvalue weighted by Crippen LogP contribution is -2.10. The molecule has 2 aromatic rings. The van der Waals surface area contributed by atoms with E-state index in [1.54, 1.807) is 6.07 Å². The highest BCUT2D eigenvalue weighted by atomic mass is 32.2. The minimum Gasteiger partial charge on any atom is -0.282 e. The van der Waals surface area contributed by atoms with E-state index in [0.717, 1.165) is 16.3 Å². The number of hydrogen-bond acceptors (Lipinski definition) is 2. The first kappa shape index (κ1) is 13.1. The van der Waals surface area contributed by atoms with Crippen molar-refractivity contribution < 1.29 is 13.0 Å². The molecule has 0 atom stereocenters. The average Bonchev–Trinajstić information content (AvgIpc) is 2.25. The summed E-state index contributed by atoms with van der Waals surface area (Å²) in [7, 11) is -4.14. The van der Waals surface area contributed by atoms with E-state index < -0.39 is 10.1 Å². The molecule has 0 spiro atoms. The maximum absolute atomic E-state index is 11.1. The summed E-state index contributed by atoms with van der Waals surface area (Å²) in [5.74, 6) is 0. The smallest absolute Gasteiger partial charge is 0.282 e. The van der Waals surface area contributed by atoms with Gasteiger partial charge in [0, 0.05) is 0 Å². The Morgan fingerprint density at radius 2 is 1.56 bits per heavy atom. The second-order valence-corrected chi connectivity index (χ2v) is 6.87. The SMILES string of the molecule is CC(C)(C)c1ccc2ccc(S(=O)(=O)O)cc2c1. The van der Waals surface area contributed by atoms with Crippen LogP contribution in [0.5, 0.6) is 0 Å². The number of hydrogen-bond donors (Lipinski definition) is 1. The van der Waals surface area contributed by atoms with E-state index in [1.165, 1.54) is 12.1 Å². The monoisotopic (exact) mass is 264 g/mol. The molecule has 0 fully saturated rings. The number of rotatable bonds is 1. The minimum absolute atomic E-state index is 0.00227. The van der Waals surface area contributed by atoms with Gasteiger partial charge >= 0.3 is 0 Å². The van der Waals surface area contributed by atoms with Gasteiger partial charge in [-0.05, 0) is 33.9 Å². The molecule has 18 heavy (non-hydrogen) atoms. The molecule has 0 saturated heterocycles. The zero-order valence-corrected chi connectivity index (χ0v) is 11.5. The van der Waals surface area contributed by atoms with Crippen LogP contribution < -0.4 is 0 Å². The van der Waals surface area contributed by atoms with Gasteiger partial charge in [0.2, 0.25) is 0 Å². The van der Waals surface area contributed by atoms with E-state index in [4.69, 9.17) is 4.55 Å². The van der Waals surface area contributed by atoms with Crippen LogP contribution in [0.2, 0.25) is 0 Å². The van der Waals surface area contributed by atoms with Crippen molar-refractivity contribution in [2.45, 2.75) is 31.1 Å². The van der Waals surface area contributed by atoms with Gasteiger partial charge in [-0.25, -0.2) is 0 Å². The Bertz CT molecular complexity index is 695. The molecule has 0 heterocycles. The summed E-state index contributed by atoms with van der Waals surface area (Å²) in [6, 6.07) is 10.6. The van der Waals surface area contributed by atoms with Crippen LogP contribution in [-0.2, 0) is 15.5 Å². The molecule has 0 saturated carbocycles. The first-order chi connectivity index (χ1) is 8.18. The van der Waals surface area contributed by atoms with Gasteiger partial charge < -0.3 is 0 Å². The Kier molecular flexibility index (Phi) is 2.95. The van der Waals surface area contributed by atoms with Crippen molar-refractivity contribution in [1.82, 2.24) is 0 Å². The molecule has 3 nitrogen and oxygen atoms in total. The van der Waals surface area contributed by atoms with Crippen molar-refractivity contribution in [1.29, 1.82) is 0 Å². The summed E-state index contributed by atoms with van der Waals surface area (Å²) in [4.78, 5) is -0.0685. The molecule has 0 aliphatic carbocycles. The Morgan fingerprint density at radius 3 is 2.11 bits per heavy atom. The molecule has 0 unspecified atom stereocenters. The van der Waals surface area contributed by atoms with E-state index in [2.05, 4.69) is 20.8 Å². The summed E-state index contributed by atoms with van der Waals surface area (Å²) in [5.41, 5.74) is 1.13. The third kappa shape index (κ3) is 2.54. The van der Waals surface area contributed by atoms with Gasteiger partial charge in [0.15, 0.2) is 0 Å². The molecule has 0 aliphatic heterocycles. The van der Waals surface area contributed by atoms with Crippen LogP contribution in [-0.4, -0.2) is 13.0 Å². The average molecular weight is 264 g/mol. The zero-order valence-electron chi connectivity index (χ0n) is 10.6. The van der Waals surface area contributed by atoms with Crippen molar-refractivity contribution >= 4 is 20.9 Å². The quantitative estimate of drug-likeness (QED) is 0.803. The van der Waals surface area contributed by atoms with Gasteiger partial charge in [0.25, 0.3) is 10.1 Å². The highest BCUT2D eigenvalue weighted by molar-refractivity contribution is 7.85. The van der Waals surface area contributed by atoms with Gasteiger partial charge in [-0.3, -0.25) is 4.55 Å². The maximum Gasteiger partial charge on any atom is 0.294 e. The van der Waals surface area contributed by atoms with Crippen LogP contribution in [0.3, 0.4) is 0 Å². The molecule has 1 N–H and O–H groups in total. The fourth-order valence-electron chi connectivity index (χ4n) is 1.85. The molecule has 2 aromatic carbocycles. The Balaban J connectivity index is 2.68. The molecule has 2 rings (SSSR count). The topological polar surface area (TPSA) is 54.4 Å². The van der Waals surface area contributed by atoms with Gasteiger partial charge in [-0.1, -0.05) is 45.0 Å². The van der Waals surface area contributed by atoms with Gasteiger partial charge in [0.05, 0.1) is 4.90 Å². The number of benzene rings is 2. The standard InChI is InChI=1S/C14H16O3S/c1-14(2,3)12-6-4-10-5-7-13(18(15,16)17)9-11(10)8-12/h4-9H,1-3H3,(H,15,16,17). The van der Waals surface area contributed by atoms with E-state index >= 15 is 0 Å². The van der Waals surface area contributed by atoms with Crippen LogP contribution in [0.15, 0.2) is 41.3 Å². The summed E-state index contributed by atoms with van der Waals surface area (Å²) < 4.78 is 31.3.